The highest BCUT2D eigenvalue weighted by molar-refractivity contribution is 5.71. The Morgan fingerprint density at radius 3 is 1.88 bits per heavy atom. The topological polar surface area (TPSA) is 41.6 Å². The van der Waals surface area contributed by atoms with Gasteiger partial charge < -0.3 is 0 Å². The van der Waals surface area contributed by atoms with E-state index in [1.807, 2.05) is 60.7 Å². The number of benzene rings is 3. The SMILES string of the molecule is N#Cc1cn(-c2ccccc2)nc1-c1ccc(-c2ccccc2)cc1. The highest BCUT2D eigenvalue weighted by Crippen LogP contribution is 2.26. The zero-order valence-electron chi connectivity index (χ0n) is 13.5. The lowest BCUT2D eigenvalue weighted by Gasteiger charge is -2.03. The van der Waals surface area contributed by atoms with Gasteiger partial charge in [0.15, 0.2) is 0 Å². The molecule has 4 aromatic rings. The molecule has 0 amide bonds. The molecule has 118 valence electrons. The van der Waals surface area contributed by atoms with Gasteiger partial charge in [-0.15, -0.1) is 0 Å². The van der Waals surface area contributed by atoms with Crippen LogP contribution < -0.4 is 0 Å². The van der Waals surface area contributed by atoms with Gasteiger partial charge in [0.25, 0.3) is 0 Å². The first-order valence-corrected chi connectivity index (χ1v) is 8.06. The van der Waals surface area contributed by atoms with E-state index in [-0.39, 0.29) is 0 Å². The molecule has 0 saturated heterocycles. The molecule has 0 N–H and O–H groups in total. The second kappa shape index (κ2) is 6.46. The van der Waals surface area contributed by atoms with Crippen LogP contribution in [0.5, 0.6) is 0 Å². The van der Waals surface area contributed by atoms with Gasteiger partial charge in [-0.3, -0.25) is 0 Å². The van der Waals surface area contributed by atoms with E-state index in [4.69, 9.17) is 0 Å². The molecule has 0 saturated carbocycles. The molecule has 0 spiro atoms. The number of nitriles is 1. The van der Waals surface area contributed by atoms with Crippen LogP contribution in [0, 0.1) is 11.3 Å². The summed E-state index contributed by atoms with van der Waals surface area (Å²) in [5.41, 5.74) is 5.45. The fourth-order valence-corrected chi connectivity index (χ4v) is 2.83. The van der Waals surface area contributed by atoms with E-state index in [1.165, 1.54) is 5.56 Å². The van der Waals surface area contributed by atoms with Gasteiger partial charge in [-0.1, -0.05) is 72.8 Å². The van der Waals surface area contributed by atoms with Crippen molar-refractivity contribution in [3.63, 3.8) is 0 Å². The summed E-state index contributed by atoms with van der Waals surface area (Å²) in [6.07, 6.45) is 1.77. The number of hydrogen-bond donors (Lipinski definition) is 0. The van der Waals surface area contributed by atoms with Crippen LogP contribution in [0.15, 0.2) is 91.1 Å². The van der Waals surface area contributed by atoms with Crippen molar-refractivity contribution in [1.82, 2.24) is 9.78 Å². The van der Waals surface area contributed by atoms with Gasteiger partial charge in [-0.05, 0) is 23.3 Å². The third-order valence-electron chi connectivity index (χ3n) is 4.12. The Kier molecular flexibility index (Phi) is 3.86. The van der Waals surface area contributed by atoms with Crippen molar-refractivity contribution >= 4 is 0 Å². The molecule has 25 heavy (non-hydrogen) atoms. The Bertz CT molecular complexity index is 1020. The molecule has 0 radical (unpaired) electrons. The van der Waals surface area contributed by atoms with Crippen LogP contribution >= 0.6 is 0 Å². The fourth-order valence-electron chi connectivity index (χ4n) is 2.83. The summed E-state index contributed by atoms with van der Waals surface area (Å²) in [6.45, 7) is 0. The summed E-state index contributed by atoms with van der Waals surface area (Å²) in [5, 5.41) is 14.1. The number of hydrogen-bond acceptors (Lipinski definition) is 2. The van der Waals surface area contributed by atoms with Crippen LogP contribution in [-0.4, -0.2) is 9.78 Å². The maximum absolute atomic E-state index is 9.47. The van der Waals surface area contributed by atoms with Crippen molar-refractivity contribution in [1.29, 1.82) is 5.26 Å². The van der Waals surface area contributed by atoms with E-state index in [2.05, 4.69) is 35.4 Å². The van der Waals surface area contributed by atoms with Gasteiger partial charge in [-0.2, -0.15) is 10.4 Å². The van der Waals surface area contributed by atoms with Crippen LogP contribution in [0.25, 0.3) is 28.1 Å². The molecular formula is C22H15N3. The van der Waals surface area contributed by atoms with E-state index in [0.29, 0.717) is 11.3 Å². The second-order valence-corrected chi connectivity index (χ2v) is 5.73. The van der Waals surface area contributed by atoms with E-state index >= 15 is 0 Å². The Morgan fingerprint density at radius 2 is 1.24 bits per heavy atom. The standard InChI is InChI=1S/C22H15N3/c23-15-20-16-25(21-9-5-2-6-10-21)24-22(20)19-13-11-18(12-14-19)17-7-3-1-4-8-17/h1-14,16H. The average Bonchev–Trinajstić information content (AvgIpc) is 3.14. The van der Waals surface area contributed by atoms with Crippen LogP contribution in [0.3, 0.4) is 0 Å². The van der Waals surface area contributed by atoms with E-state index in [0.717, 1.165) is 16.8 Å². The number of para-hydroxylation sites is 1. The summed E-state index contributed by atoms with van der Waals surface area (Å²) in [5.74, 6) is 0. The van der Waals surface area contributed by atoms with Gasteiger partial charge in [0.1, 0.15) is 11.8 Å². The maximum Gasteiger partial charge on any atom is 0.111 e. The summed E-state index contributed by atoms with van der Waals surface area (Å²) < 4.78 is 1.75. The largest absolute Gasteiger partial charge is 0.239 e. The summed E-state index contributed by atoms with van der Waals surface area (Å²) >= 11 is 0. The molecule has 0 bridgehead atoms. The molecule has 0 aliphatic carbocycles. The second-order valence-electron chi connectivity index (χ2n) is 5.73. The van der Waals surface area contributed by atoms with E-state index in [1.54, 1.807) is 10.9 Å². The molecular weight excluding hydrogens is 306 g/mol. The van der Waals surface area contributed by atoms with Gasteiger partial charge in [0.2, 0.25) is 0 Å². The lowest BCUT2D eigenvalue weighted by molar-refractivity contribution is 0.884. The Labute approximate surface area is 146 Å². The lowest BCUT2D eigenvalue weighted by Crippen LogP contribution is -1.94. The summed E-state index contributed by atoms with van der Waals surface area (Å²) in [6, 6.07) is 30.4. The van der Waals surface area contributed by atoms with Crippen molar-refractivity contribution in [2.24, 2.45) is 0 Å². The van der Waals surface area contributed by atoms with Crippen LogP contribution in [0.4, 0.5) is 0 Å². The molecule has 1 heterocycles. The smallest absolute Gasteiger partial charge is 0.111 e. The van der Waals surface area contributed by atoms with Crippen molar-refractivity contribution in [3.05, 3.63) is 96.7 Å². The predicted octanol–water partition coefficient (Wildman–Crippen LogP) is 5.08. The van der Waals surface area contributed by atoms with Gasteiger partial charge >= 0.3 is 0 Å². The van der Waals surface area contributed by atoms with Gasteiger partial charge in [-0.25, -0.2) is 4.68 Å². The number of aromatic nitrogens is 2. The summed E-state index contributed by atoms with van der Waals surface area (Å²) in [7, 11) is 0. The molecule has 4 rings (SSSR count). The first-order valence-electron chi connectivity index (χ1n) is 8.06. The lowest BCUT2D eigenvalue weighted by atomic mass is 10.0. The molecule has 3 nitrogen and oxygen atoms in total. The minimum absolute atomic E-state index is 0.566. The third-order valence-corrected chi connectivity index (χ3v) is 4.12. The molecule has 0 aliphatic heterocycles. The van der Waals surface area contributed by atoms with Crippen molar-refractivity contribution < 1.29 is 0 Å². The Balaban J connectivity index is 1.73. The predicted molar refractivity (Wildman–Crippen MR) is 99.2 cm³/mol. The maximum atomic E-state index is 9.47. The van der Waals surface area contributed by atoms with Crippen molar-refractivity contribution in [2.45, 2.75) is 0 Å². The highest BCUT2D eigenvalue weighted by Gasteiger charge is 2.12. The van der Waals surface area contributed by atoms with Crippen molar-refractivity contribution in [3.8, 4) is 34.1 Å². The van der Waals surface area contributed by atoms with Crippen LogP contribution in [-0.2, 0) is 0 Å². The highest BCUT2D eigenvalue weighted by atomic mass is 15.3. The molecule has 3 aromatic carbocycles. The van der Waals surface area contributed by atoms with Crippen LogP contribution in [0.2, 0.25) is 0 Å². The third kappa shape index (κ3) is 2.93. The Hall–Kier alpha value is -3.64. The van der Waals surface area contributed by atoms with Crippen molar-refractivity contribution in [2.75, 3.05) is 0 Å². The van der Waals surface area contributed by atoms with E-state index in [9.17, 15) is 5.26 Å². The zero-order chi connectivity index (χ0) is 17.1. The molecule has 0 unspecified atom stereocenters. The Morgan fingerprint density at radius 1 is 0.680 bits per heavy atom. The average molecular weight is 321 g/mol. The minimum atomic E-state index is 0.566. The summed E-state index contributed by atoms with van der Waals surface area (Å²) in [4.78, 5) is 0. The molecule has 3 heteroatoms. The molecule has 0 atom stereocenters. The minimum Gasteiger partial charge on any atom is -0.239 e. The van der Waals surface area contributed by atoms with Gasteiger partial charge in [0.05, 0.1) is 11.3 Å². The number of rotatable bonds is 3. The quantitative estimate of drug-likeness (QED) is 0.528. The first kappa shape index (κ1) is 14.9. The first-order chi connectivity index (χ1) is 12.3. The normalized spacial score (nSPS) is 10.4. The van der Waals surface area contributed by atoms with Crippen LogP contribution in [0.1, 0.15) is 5.56 Å². The van der Waals surface area contributed by atoms with E-state index < -0.39 is 0 Å². The van der Waals surface area contributed by atoms with Gasteiger partial charge in [0, 0.05) is 11.8 Å². The molecule has 0 fully saturated rings. The molecule has 1 aromatic heterocycles. The zero-order valence-corrected chi connectivity index (χ0v) is 13.5. The monoisotopic (exact) mass is 321 g/mol. The molecule has 0 aliphatic rings. The fraction of sp³-hybridized carbons (Fsp3) is 0. The number of nitrogens with zero attached hydrogens (tertiary/aromatic N) is 3.